The number of aromatic amines is 1. The summed E-state index contributed by atoms with van der Waals surface area (Å²) in [4.78, 5) is 57.4. The molecule has 12 nitrogen and oxygen atoms in total. The summed E-state index contributed by atoms with van der Waals surface area (Å²) in [6.45, 7) is 0.334. The van der Waals surface area contributed by atoms with Crippen molar-refractivity contribution in [3.05, 3.63) is 95.7 Å². The lowest BCUT2D eigenvalue weighted by Crippen LogP contribution is -2.57. The SMILES string of the molecule is NC(Cc1c[nH]c2ccccc12)C(=O)N1CCCC1C(=O)NC(Cc1ccc(O)cc1)C(=O)NC(Cc1ccc(O)cc1)C(=O)O. The number of nitrogens with two attached hydrogens (primary N) is 1. The summed E-state index contributed by atoms with van der Waals surface area (Å²) in [5, 5.41) is 35.4. The van der Waals surface area contributed by atoms with E-state index in [1.165, 1.54) is 29.2 Å². The Morgan fingerprint density at radius 3 is 2.09 bits per heavy atom. The molecule has 2 heterocycles. The van der Waals surface area contributed by atoms with Gasteiger partial charge in [-0.25, -0.2) is 4.79 Å². The fourth-order valence-corrected chi connectivity index (χ4v) is 5.83. The Morgan fingerprint density at radius 1 is 0.848 bits per heavy atom. The third-order valence-corrected chi connectivity index (χ3v) is 8.27. The number of aromatic nitrogens is 1. The molecule has 240 valence electrons. The Morgan fingerprint density at radius 2 is 1.46 bits per heavy atom. The van der Waals surface area contributed by atoms with Crippen molar-refractivity contribution in [2.75, 3.05) is 6.54 Å². The largest absolute Gasteiger partial charge is 0.508 e. The predicted molar refractivity (Wildman–Crippen MR) is 170 cm³/mol. The minimum Gasteiger partial charge on any atom is -0.508 e. The molecule has 4 atom stereocenters. The van der Waals surface area contributed by atoms with E-state index >= 15 is 0 Å². The number of nitrogens with one attached hydrogen (secondary N) is 3. The summed E-state index contributed by atoms with van der Waals surface area (Å²) in [5.41, 5.74) is 9.38. The lowest BCUT2D eigenvalue weighted by atomic mass is 10.0. The molecule has 8 N–H and O–H groups in total. The van der Waals surface area contributed by atoms with Crippen molar-refractivity contribution >= 4 is 34.6 Å². The quantitative estimate of drug-likeness (QED) is 0.124. The van der Waals surface area contributed by atoms with E-state index in [4.69, 9.17) is 5.73 Å². The highest BCUT2D eigenvalue weighted by Crippen LogP contribution is 2.23. The summed E-state index contributed by atoms with van der Waals surface area (Å²) < 4.78 is 0. The minimum atomic E-state index is -1.32. The van der Waals surface area contributed by atoms with Crippen LogP contribution in [-0.2, 0) is 38.4 Å². The van der Waals surface area contributed by atoms with E-state index in [-0.39, 0.29) is 36.7 Å². The first-order valence-electron chi connectivity index (χ1n) is 15.1. The highest BCUT2D eigenvalue weighted by Gasteiger charge is 2.38. The first-order chi connectivity index (χ1) is 22.1. The number of H-pyrrole nitrogens is 1. The van der Waals surface area contributed by atoms with Gasteiger partial charge in [-0.15, -0.1) is 0 Å². The zero-order chi connectivity index (χ0) is 32.8. The van der Waals surface area contributed by atoms with Crippen LogP contribution in [0.5, 0.6) is 11.5 Å². The number of benzene rings is 3. The van der Waals surface area contributed by atoms with Crippen LogP contribution in [0.15, 0.2) is 79.0 Å². The number of rotatable bonds is 12. The predicted octanol–water partition coefficient (Wildman–Crippen LogP) is 1.98. The van der Waals surface area contributed by atoms with Gasteiger partial charge < -0.3 is 41.6 Å². The number of para-hydroxylation sites is 1. The number of carbonyl (C=O) groups is 4. The summed E-state index contributed by atoms with van der Waals surface area (Å²) in [6, 6.07) is 15.5. The number of carboxylic acid groups (broad SMARTS) is 1. The van der Waals surface area contributed by atoms with Crippen LogP contribution < -0.4 is 16.4 Å². The van der Waals surface area contributed by atoms with Gasteiger partial charge in [0.25, 0.3) is 0 Å². The van der Waals surface area contributed by atoms with Crippen LogP contribution in [0.3, 0.4) is 0 Å². The summed E-state index contributed by atoms with van der Waals surface area (Å²) >= 11 is 0. The molecule has 3 aromatic carbocycles. The van der Waals surface area contributed by atoms with Gasteiger partial charge in [0.1, 0.15) is 29.6 Å². The van der Waals surface area contributed by atoms with Crippen molar-refractivity contribution in [1.29, 1.82) is 0 Å². The number of aliphatic carboxylic acids is 1. The van der Waals surface area contributed by atoms with Gasteiger partial charge in [-0.2, -0.15) is 0 Å². The summed E-state index contributed by atoms with van der Waals surface area (Å²) in [6.07, 6.45) is 3.00. The molecule has 4 unspecified atom stereocenters. The lowest BCUT2D eigenvalue weighted by Gasteiger charge is -2.29. The number of aromatic hydroxyl groups is 2. The minimum absolute atomic E-state index is 0.00411. The van der Waals surface area contributed by atoms with E-state index in [0.29, 0.717) is 30.5 Å². The molecule has 1 aliphatic rings. The Balaban J connectivity index is 1.30. The topological polar surface area (TPSA) is 198 Å². The number of carbonyl (C=O) groups excluding carboxylic acids is 3. The smallest absolute Gasteiger partial charge is 0.326 e. The van der Waals surface area contributed by atoms with Gasteiger partial charge in [0, 0.05) is 36.5 Å². The molecule has 1 aliphatic heterocycles. The number of likely N-dealkylation sites (tertiary alicyclic amines) is 1. The second-order valence-electron chi connectivity index (χ2n) is 11.6. The Bertz CT molecular complexity index is 1700. The van der Waals surface area contributed by atoms with E-state index < -0.39 is 42.0 Å². The lowest BCUT2D eigenvalue weighted by molar-refractivity contribution is -0.143. The van der Waals surface area contributed by atoms with E-state index in [1.54, 1.807) is 24.3 Å². The fourth-order valence-electron chi connectivity index (χ4n) is 5.83. The van der Waals surface area contributed by atoms with Gasteiger partial charge in [-0.3, -0.25) is 14.4 Å². The molecule has 5 rings (SSSR count). The van der Waals surface area contributed by atoms with Crippen LogP contribution in [0.1, 0.15) is 29.5 Å². The third kappa shape index (κ3) is 7.64. The molecule has 0 radical (unpaired) electrons. The number of amides is 3. The number of phenols is 2. The van der Waals surface area contributed by atoms with Crippen molar-refractivity contribution in [2.45, 2.75) is 56.3 Å². The van der Waals surface area contributed by atoms with Crippen LogP contribution in [-0.4, -0.2) is 79.6 Å². The average Bonchev–Trinajstić information content (AvgIpc) is 3.70. The zero-order valence-electron chi connectivity index (χ0n) is 25.1. The number of phenolic OH excluding ortho intramolecular Hbond substituents is 2. The molecule has 3 amide bonds. The second kappa shape index (κ2) is 14.2. The number of carboxylic acids is 1. The number of nitrogens with zero attached hydrogens (tertiary/aromatic N) is 1. The fraction of sp³-hybridized carbons (Fsp3) is 0.294. The standard InChI is InChI=1S/C34H37N5O7/c35-26(18-22-19-36-27-5-2-1-4-25(22)27)33(44)39-15-3-6-30(39)32(43)37-28(16-20-7-11-23(40)12-8-20)31(42)38-29(34(45)46)17-21-9-13-24(41)14-10-21/h1-2,4-5,7-14,19,26,28-30,36,40-41H,3,6,15-18,35H2,(H,37,43)(H,38,42)(H,45,46). The van der Waals surface area contributed by atoms with Gasteiger partial charge in [-0.1, -0.05) is 42.5 Å². The molecule has 46 heavy (non-hydrogen) atoms. The molecule has 1 aromatic heterocycles. The zero-order valence-corrected chi connectivity index (χ0v) is 25.1. The van der Waals surface area contributed by atoms with Crippen LogP contribution in [0.2, 0.25) is 0 Å². The van der Waals surface area contributed by atoms with Crippen molar-refractivity contribution in [2.24, 2.45) is 5.73 Å². The summed E-state index contributed by atoms with van der Waals surface area (Å²) in [7, 11) is 0. The Kier molecular flexibility index (Phi) is 9.87. The van der Waals surface area contributed by atoms with Gasteiger partial charge >= 0.3 is 5.97 Å². The molecule has 0 aliphatic carbocycles. The van der Waals surface area contributed by atoms with Crippen molar-refractivity contribution < 1.29 is 34.5 Å². The second-order valence-corrected chi connectivity index (χ2v) is 11.6. The summed E-state index contributed by atoms with van der Waals surface area (Å²) in [5.74, 6) is -2.86. The van der Waals surface area contributed by atoms with Gasteiger partial charge in [0.15, 0.2) is 0 Å². The molecule has 0 saturated carbocycles. The van der Waals surface area contributed by atoms with Crippen LogP contribution in [0.4, 0.5) is 0 Å². The van der Waals surface area contributed by atoms with Crippen molar-refractivity contribution in [1.82, 2.24) is 20.5 Å². The monoisotopic (exact) mass is 627 g/mol. The molecular weight excluding hydrogens is 590 g/mol. The first-order valence-corrected chi connectivity index (χ1v) is 15.1. The molecule has 1 fully saturated rings. The van der Waals surface area contributed by atoms with Crippen LogP contribution >= 0.6 is 0 Å². The van der Waals surface area contributed by atoms with E-state index in [0.717, 1.165) is 16.5 Å². The maximum atomic E-state index is 13.7. The van der Waals surface area contributed by atoms with Crippen LogP contribution in [0, 0.1) is 0 Å². The normalized spacial score (nSPS) is 16.5. The van der Waals surface area contributed by atoms with Gasteiger partial charge in [0.2, 0.25) is 17.7 Å². The molecule has 4 aromatic rings. The molecular formula is C34H37N5O7. The Labute approximate surface area is 265 Å². The Hall–Kier alpha value is -5.36. The number of fused-ring (bicyclic) bond motifs is 1. The van der Waals surface area contributed by atoms with Crippen molar-refractivity contribution in [3.8, 4) is 11.5 Å². The highest BCUT2D eigenvalue weighted by molar-refractivity contribution is 5.95. The van der Waals surface area contributed by atoms with E-state index in [1.807, 2.05) is 30.5 Å². The maximum Gasteiger partial charge on any atom is 0.326 e. The molecule has 12 heteroatoms. The average molecular weight is 628 g/mol. The number of hydrogen-bond acceptors (Lipinski definition) is 7. The maximum absolute atomic E-state index is 13.7. The third-order valence-electron chi connectivity index (χ3n) is 8.27. The first kappa shape index (κ1) is 32.0. The van der Waals surface area contributed by atoms with E-state index in [9.17, 15) is 34.5 Å². The number of hydrogen-bond donors (Lipinski definition) is 7. The van der Waals surface area contributed by atoms with Gasteiger partial charge in [-0.05, 0) is 66.3 Å². The molecule has 0 bridgehead atoms. The molecule has 1 saturated heterocycles. The van der Waals surface area contributed by atoms with Crippen molar-refractivity contribution in [3.63, 3.8) is 0 Å². The molecule has 0 spiro atoms. The van der Waals surface area contributed by atoms with Crippen LogP contribution in [0.25, 0.3) is 10.9 Å². The van der Waals surface area contributed by atoms with Gasteiger partial charge in [0.05, 0.1) is 6.04 Å². The highest BCUT2D eigenvalue weighted by atomic mass is 16.4. The van der Waals surface area contributed by atoms with E-state index in [2.05, 4.69) is 15.6 Å².